The summed E-state index contributed by atoms with van der Waals surface area (Å²) < 4.78 is 0. The lowest BCUT2D eigenvalue weighted by Gasteiger charge is -2.12. The lowest BCUT2D eigenvalue weighted by atomic mass is 10.0. The van der Waals surface area contributed by atoms with Gasteiger partial charge in [-0.25, -0.2) is 9.97 Å². The number of aromatic nitrogens is 2. The number of fused-ring (bicyclic) bond motifs is 1. The number of nitrogens with one attached hydrogen (secondary N) is 1. The number of carbonyl (C=O) groups excluding carboxylic acids is 1. The number of rotatable bonds is 3. The van der Waals surface area contributed by atoms with Gasteiger partial charge in [0.2, 0.25) is 0 Å². The van der Waals surface area contributed by atoms with Gasteiger partial charge in [0.25, 0.3) is 5.91 Å². The molecule has 0 saturated carbocycles. The van der Waals surface area contributed by atoms with Crippen molar-refractivity contribution in [2.45, 2.75) is 0 Å². The highest BCUT2D eigenvalue weighted by Gasteiger charge is 2.16. The Kier molecular flexibility index (Phi) is 5.18. The van der Waals surface area contributed by atoms with Gasteiger partial charge in [-0.05, 0) is 42.5 Å². The van der Waals surface area contributed by atoms with Gasteiger partial charge in [0.15, 0.2) is 5.82 Å². The molecule has 0 radical (unpaired) electrons. The van der Waals surface area contributed by atoms with Crippen molar-refractivity contribution >= 4 is 57.4 Å². The third kappa shape index (κ3) is 3.67. The quantitative estimate of drug-likeness (QED) is 0.405. The molecule has 0 atom stereocenters. The van der Waals surface area contributed by atoms with Crippen molar-refractivity contribution in [3.05, 3.63) is 87.5 Å². The zero-order chi connectivity index (χ0) is 19.7. The average molecular weight is 429 g/mol. The molecule has 0 saturated heterocycles. The molecule has 1 amide bonds. The van der Waals surface area contributed by atoms with E-state index in [-0.39, 0.29) is 5.91 Å². The largest absolute Gasteiger partial charge is 0.305 e. The smallest absolute Gasteiger partial charge is 0.257 e. The van der Waals surface area contributed by atoms with Gasteiger partial charge in [-0.2, -0.15) is 0 Å². The molecule has 4 aromatic rings. The normalized spacial score (nSPS) is 10.8. The zero-order valence-electron chi connectivity index (χ0n) is 14.3. The number of anilines is 1. The predicted octanol–water partition coefficient (Wildman–Crippen LogP) is 6.51. The van der Waals surface area contributed by atoms with E-state index in [0.717, 1.165) is 0 Å². The standard InChI is InChI=1S/C21H12Cl3N3O/c22-12-7-8-14(17(24)10-12)19-11-15(13-4-1-2-6-18(13)26-19)21(28)27-20-16(23)5-3-9-25-20/h1-11H,(H,25,27,28). The number of para-hydroxylation sites is 1. The Morgan fingerprint density at radius 2 is 1.71 bits per heavy atom. The topological polar surface area (TPSA) is 54.9 Å². The van der Waals surface area contributed by atoms with E-state index in [1.165, 1.54) is 0 Å². The summed E-state index contributed by atoms with van der Waals surface area (Å²) >= 11 is 18.5. The summed E-state index contributed by atoms with van der Waals surface area (Å²) in [6.45, 7) is 0. The van der Waals surface area contributed by atoms with Gasteiger partial charge < -0.3 is 5.32 Å². The van der Waals surface area contributed by atoms with Crippen LogP contribution < -0.4 is 5.32 Å². The average Bonchev–Trinajstić information content (AvgIpc) is 2.69. The number of halogens is 3. The molecule has 2 aromatic heterocycles. The zero-order valence-corrected chi connectivity index (χ0v) is 16.6. The fourth-order valence-corrected chi connectivity index (χ4v) is 3.53. The first kappa shape index (κ1) is 18.7. The molecule has 0 unspecified atom stereocenters. The molecule has 0 fully saturated rings. The molecular formula is C21H12Cl3N3O. The van der Waals surface area contributed by atoms with Gasteiger partial charge in [0.05, 0.1) is 26.8 Å². The first-order valence-corrected chi connectivity index (χ1v) is 9.43. The van der Waals surface area contributed by atoms with Crippen LogP contribution in [0.1, 0.15) is 10.4 Å². The summed E-state index contributed by atoms with van der Waals surface area (Å²) in [7, 11) is 0. The monoisotopic (exact) mass is 427 g/mol. The van der Waals surface area contributed by atoms with Gasteiger partial charge in [-0.1, -0.05) is 53.0 Å². The molecule has 2 aromatic carbocycles. The maximum absolute atomic E-state index is 13.0. The number of hydrogen-bond acceptors (Lipinski definition) is 3. The molecule has 0 aliphatic carbocycles. The van der Waals surface area contributed by atoms with Crippen molar-refractivity contribution < 1.29 is 4.79 Å². The Morgan fingerprint density at radius 1 is 0.893 bits per heavy atom. The van der Waals surface area contributed by atoms with E-state index in [2.05, 4.69) is 15.3 Å². The second-order valence-corrected chi connectivity index (χ2v) is 7.24. The van der Waals surface area contributed by atoms with Crippen LogP contribution in [-0.2, 0) is 0 Å². The van der Waals surface area contributed by atoms with Crippen molar-refractivity contribution in [3.63, 3.8) is 0 Å². The van der Waals surface area contributed by atoms with Crippen LogP contribution in [0.2, 0.25) is 15.1 Å². The molecule has 0 spiro atoms. The van der Waals surface area contributed by atoms with Crippen molar-refractivity contribution in [2.75, 3.05) is 5.32 Å². The van der Waals surface area contributed by atoms with Crippen molar-refractivity contribution in [1.82, 2.24) is 9.97 Å². The lowest BCUT2D eigenvalue weighted by molar-refractivity contribution is 0.102. The minimum atomic E-state index is -0.342. The summed E-state index contributed by atoms with van der Waals surface area (Å²) in [5.74, 6) is -0.0494. The maximum Gasteiger partial charge on any atom is 0.257 e. The van der Waals surface area contributed by atoms with Crippen molar-refractivity contribution in [1.29, 1.82) is 0 Å². The third-order valence-corrected chi connectivity index (χ3v) is 5.01. The fraction of sp³-hybridized carbons (Fsp3) is 0. The minimum Gasteiger partial charge on any atom is -0.305 e. The molecule has 0 bridgehead atoms. The molecular weight excluding hydrogens is 417 g/mol. The molecule has 4 nitrogen and oxygen atoms in total. The van der Waals surface area contributed by atoms with Crippen LogP contribution >= 0.6 is 34.8 Å². The molecule has 7 heteroatoms. The van der Waals surface area contributed by atoms with E-state index in [0.29, 0.717) is 48.6 Å². The van der Waals surface area contributed by atoms with Crippen LogP contribution in [0, 0.1) is 0 Å². The van der Waals surface area contributed by atoms with Crippen LogP contribution in [0.25, 0.3) is 22.2 Å². The number of amides is 1. The van der Waals surface area contributed by atoms with Crippen molar-refractivity contribution in [3.8, 4) is 11.3 Å². The van der Waals surface area contributed by atoms with E-state index < -0.39 is 0 Å². The molecule has 2 heterocycles. The van der Waals surface area contributed by atoms with E-state index in [4.69, 9.17) is 34.8 Å². The summed E-state index contributed by atoms with van der Waals surface area (Å²) in [4.78, 5) is 21.8. The fourth-order valence-electron chi connectivity index (χ4n) is 2.85. The second-order valence-electron chi connectivity index (χ2n) is 5.98. The Bertz CT molecular complexity index is 1210. The van der Waals surface area contributed by atoms with Crippen LogP contribution in [-0.4, -0.2) is 15.9 Å². The summed E-state index contributed by atoms with van der Waals surface area (Å²) in [5, 5.41) is 4.80. The molecule has 0 aliphatic rings. The number of nitrogens with zero attached hydrogens (tertiary/aromatic N) is 2. The predicted molar refractivity (Wildman–Crippen MR) is 114 cm³/mol. The van der Waals surface area contributed by atoms with Crippen LogP contribution in [0.3, 0.4) is 0 Å². The Morgan fingerprint density at radius 3 is 2.50 bits per heavy atom. The molecule has 0 aliphatic heterocycles. The molecule has 28 heavy (non-hydrogen) atoms. The highest BCUT2D eigenvalue weighted by Crippen LogP contribution is 2.32. The lowest BCUT2D eigenvalue weighted by Crippen LogP contribution is -2.14. The third-order valence-electron chi connectivity index (χ3n) is 4.16. The Balaban J connectivity index is 1.85. The van der Waals surface area contributed by atoms with Crippen LogP contribution in [0.4, 0.5) is 5.82 Å². The second kappa shape index (κ2) is 7.76. The van der Waals surface area contributed by atoms with Gasteiger partial charge in [0.1, 0.15) is 0 Å². The van der Waals surface area contributed by atoms with Gasteiger partial charge >= 0.3 is 0 Å². The Labute approximate surface area is 176 Å². The summed E-state index contributed by atoms with van der Waals surface area (Å²) in [6.07, 6.45) is 1.56. The van der Waals surface area contributed by atoms with E-state index in [1.807, 2.05) is 24.3 Å². The highest BCUT2D eigenvalue weighted by molar-refractivity contribution is 6.36. The number of benzene rings is 2. The maximum atomic E-state index is 13.0. The molecule has 138 valence electrons. The minimum absolute atomic E-state index is 0.293. The van der Waals surface area contributed by atoms with Crippen LogP contribution in [0.5, 0.6) is 0 Å². The first-order chi connectivity index (χ1) is 13.5. The van der Waals surface area contributed by atoms with E-state index in [9.17, 15) is 4.79 Å². The van der Waals surface area contributed by atoms with Crippen molar-refractivity contribution in [2.24, 2.45) is 0 Å². The van der Waals surface area contributed by atoms with Gasteiger partial charge in [0, 0.05) is 22.2 Å². The molecule has 4 rings (SSSR count). The number of hydrogen-bond donors (Lipinski definition) is 1. The molecule has 1 N–H and O–H groups in total. The highest BCUT2D eigenvalue weighted by atomic mass is 35.5. The SMILES string of the molecule is O=C(Nc1ncccc1Cl)c1cc(-c2ccc(Cl)cc2Cl)nc2ccccc12. The van der Waals surface area contributed by atoms with Crippen LogP contribution in [0.15, 0.2) is 66.9 Å². The van der Waals surface area contributed by atoms with E-state index >= 15 is 0 Å². The van der Waals surface area contributed by atoms with Gasteiger partial charge in [-0.3, -0.25) is 4.79 Å². The van der Waals surface area contributed by atoms with E-state index in [1.54, 1.807) is 42.6 Å². The Hall–Kier alpha value is -2.66. The summed E-state index contributed by atoms with van der Waals surface area (Å²) in [5.41, 5.74) is 2.36. The van der Waals surface area contributed by atoms with Gasteiger partial charge in [-0.15, -0.1) is 0 Å². The number of pyridine rings is 2. The number of carbonyl (C=O) groups is 1. The first-order valence-electron chi connectivity index (χ1n) is 8.30. The summed E-state index contributed by atoms with van der Waals surface area (Å²) in [6, 6.07) is 17.6.